The molecule has 1 atom stereocenters. The third-order valence-electron chi connectivity index (χ3n) is 2.84. The predicted molar refractivity (Wildman–Crippen MR) is 75.0 cm³/mol. The molecule has 1 heterocycles. The summed E-state index contributed by atoms with van der Waals surface area (Å²) in [5, 5.41) is 2.80. The van der Waals surface area contributed by atoms with Gasteiger partial charge in [-0.05, 0) is 24.6 Å². The molecule has 2 rings (SSSR count). The molecule has 1 unspecified atom stereocenters. The lowest BCUT2D eigenvalue weighted by atomic mass is 10.2. The van der Waals surface area contributed by atoms with Crippen LogP contribution in [0, 0.1) is 0 Å². The van der Waals surface area contributed by atoms with Crippen molar-refractivity contribution in [3.8, 4) is 5.75 Å². The molecule has 0 fully saturated rings. The molecule has 1 aromatic heterocycles. The lowest BCUT2D eigenvalue weighted by Gasteiger charge is -2.12. The Morgan fingerprint density at radius 1 is 1.45 bits per heavy atom. The molecular weight excluding hydrogens is 256 g/mol. The van der Waals surface area contributed by atoms with E-state index < -0.39 is 0 Å². The number of benzene rings is 1. The van der Waals surface area contributed by atoms with Crippen molar-refractivity contribution in [1.29, 1.82) is 0 Å². The number of amides is 1. The van der Waals surface area contributed by atoms with Gasteiger partial charge in [-0.15, -0.1) is 0 Å². The zero-order valence-electron chi connectivity index (χ0n) is 11.3. The molecule has 0 bridgehead atoms. The van der Waals surface area contributed by atoms with E-state index in [9.17, 15) is 4.79 Å². The van der Waals surface area contributed by atoms with Crippen LogP contribution in [0.4, 0.5) is 0 Å². The van der Waals surface area contributed by atoms with Crippen LogP contribution < -0.4 is 15.8 Å². The van der Waals surface area contributed by atoms with Crippen LogP contribution in [-0.4, -0.2) is 22.5 Å². The van der Waals surface area contributed by atoms with Gasteiger partial charge in [0.1, 0.15) is 11.6 Å². The number of carbonyl (C=O) groups is 1. The number of H-pyrrole nitrogens is 1. The normalized spacial score (nSPS) is 11.9. The first kappa shape index (κ1) is 14.1. The average Bonchev–Trinajstić information content (AvgIpc) is 3.00. The minimum Gasteiger partial charge on any atom is -0.484 e. The quantitative estimate of drug-likeness (QED) is 0.736. The van der Waals surface area contributed by atoms with E-state index in [-0.39, 0.29) is 18.6 Å². The van der Waals surface area contributed by atoms with Crippen LogP contribution in [0.1, 0.15) is 24.4 Å². The highest BCUT2D eigenvalue weighted by Crippen LogP contribution is 2.12. The Bertz CT molecular complexity index is 537. The summed E-state index contributed by atoms with van der Waals surface area (Å²) in [4.78, 5) is 18.8. The van der Waals surface area contributed by atoms with Crippen molar-refractivity contribution in [3.05, 3.63) is 48.0 Å². The van der Waals surface area contributed by atoms with E-state index in [1.807, 2.05) is 19.1 Å². The number of nitrogens with one attached hydrogen (secondary N) is 2. The second kappa shape index (κ2) is 6.72. The molecule has 6 nitrogen and oxygen atoms in total. The Morgan fingerprint density at radius 2 is 2.20 bits per heavy atom. The molecule has 1 aromatic carbocycles. The molecular formula is C14H18N4O2. The summed E-state index contributed by atoms with van der Waals surface area (Å²) in [7, 11) is 0. The molecule has 6 heteroatoms. The van der Waals surface area contributed by atoms with Gasteiger partial charge in [0.15, 0.2) is 6.61 Å². The summed E-state index contributed by atoms with van der Waals surface area (Å²) in [6.45, 7) is 2.31. The minimum atomic E-state index is -0.197. The molecule has 106 valence electrons. The predicted octanol–water partition coefficient (Wildman–Crippen LogP) is 1.12. The van der Waals surface area contributed by atoms with Crippen LogP contribution in [-0.2, 0) is 11.3 Å². The van der Waals surface area contributed by atoms with Gasteiger partial charge >= 0.3 is 0 Å². The van der Waals surface area contributed by atoms with Crippen LogP contribution in [0.3, 0.4) is 0 Å². The lowest BCUT2D eigenvalue weighted by molar-refractivity contribution is -0.123. The standard InChI is InChI=1S/C14H18N4O2/c1-10(14-16-6-7-17-14)18-13(19)9-20-12-4-2-11(8-15)3-5-12/h2-7,10H,8-9,15H2,1H3,(H,16,17)(H,18,19). The molecule has 0 saturated heterocycles. The molecule has 2 aromatic rings. The second-order valence-corrected chi connectivity index (χ2v) is 4.40. The molecule has 0 saturated carbocycles. The van der Waals surface area contributed by atoms with Gasteiger partial charge in [0, 0.05) is 18.9 Å². The highest BCUT2D eigenvalue weighted by Gasteiger charge is 2.11. The summed E-state index contributed by atoms with van der Waals surface area (Å²) >= 11 is 0. The number of hydrogen-bond acceptors (Lipinski definition) is 4. The van der Waals surface area contributed by atoms with Crippen molar-refractivity contribution in [1.82, 2.24) is 15.3 Å². The van der Waals surface area contributed by atoms with Gasteiger partial charge in [-0.25, -0.2) is 4.98 Å². The van der Waals surface area contributed by atoms with Crippen molar-refractivity contribution < 1.29 is 9.53 Å². The van der Waals surface area contributed by atoms with Crippen molar-refractivity contribution >= 4 is 5.91 Å². The van der Waals surface area contributed by atoms with Crippen LogP contribution in [0.5, 0.6) is 5.75 Å². The van der Waals surface area contributed by atoms with E-state index >= 15 is 0 Å². The third kappa shape index (κ3) is 3.83. The van der Waals surface area contributed by atoms with Crippen LogP contribution >= 0.6 is 0 Å². The lowest BCUT2D eigenvalue weighted by Crippen LogP contribution is -2.31. The first-order chi connectivity index (χ1) is 9.69. The number of nitrogens with zero attached hydrogens (tertiary/aromatic N) is 1. The Labute approximate surface area is 117 Å². The zero-order chi connectivity index (χ0) is 14.4. The zero-order valence-corrected chi connectivity index (χ0v) is 11.3. The highest BCUT2D eigenvalue weighted by molar-refractivity contribution is 5.77. The smallest absolute Gasteiger partial charge is 0.258 e. The number of aromatic amines is 1. The number of ether oxygens (including phenoxy) is 1. The maximum atomic E-state index is 11.7. The molecule has 1 amide bonds. The summed E-state index contributed by atoms with van der Waals surface area (Å²) in [5.41, 5.74) is 6.53. The topological polar surface area (TPSA) is 93.0 Å². The van der Waals surface area contributed by atoms with Gasteiger partial charge in [0.2, 0.25) is 0 Å². The molecule has 0 spiro atoms. The largest absolute Gasteiger partial charge is 0.484 e. The fraction of sp³-hybridized carbons (Fsp3) is 0.286. The third-order valence-corrected chi connectivity index (χ3v) is 2.84. The minimum absolute atomic E-state index is 0.0347. The SMILES string of the molecule is CC(NC(=O)COc1ccc(CN)cc1)c1ncc[nH]1. The van der Waals surface area contributed by atoms with Crippen LogP contribution in [0.15, 0.2) is 36.7 Å². The average molecular weight is 274 g/mol. The molecule has 20 heavy (non-hydrogen) atoms. The van der Waals surface area contributed by atoms with E-state index in [0.717, 1.165) is 5.56 Å². The van der Waals surface area contributed by atoms with Gasteiger partial charge in [-0.2, -0.15) is 0 Å². The number of imidazole rings is 1. The van der Waals surface area contributed by atoms with E-state index in [1.54, 1.807) is 24.5 Å². The molecule has 4 N–H and O–H groups in total. The van der Waals surface area contributed by atoms with Gasteiger partial charge in [-0.1, -0.05) is 12.1 Å². The van der Waals surface area contributed by atoms with E-state index in [4.69, 9.17) is 10.5 Å². The maximum Gasteiger partial charge on any atom is 0.258 e. The summed E-state index contributed by atoms with van der Waals surface area (Å²) < 4.78 is 5.40. The fourth-order valence-corrected chi connectivity index (χ4v) is 1.74. The number of nitrogens with two attached hydrogens (primary N) is 1. The van der Waals surface area contributed by atoms with Crippen molar-refractivity contribution in [2.24, 2.45) is 5.73 Å². The van der Waals surface area contributed by atoms with Crippen molar-refractivity contribution in [3.63, 3.8) is 0 Å². The van der Waals surface area contributed by atoms with Gasteiger partial charge in [0.05, 0.1) is 6.04 Å². The van der Waals surface area contributed by atoms with E-state index in [1.165, 1.54) is 0 Å². The van der Waals surface area contributed by atoms with E-state index in [2.05, 4.69) is 15.3 Å². The Balaban J connectivity index is 1.79. The Hall–Kier alpha value is -2.34. The van der Waals surface area contributed by atoms with E-state index in [0.29, 0.717) is 18.1 Å². The number of carbonyl (C=O) groups excluding carboxylic acids is 1. The van der Waals surface area contributed by atoms with Gasteiger partial charge in [-0.3, -0.25) is 4.79 Å². The fourth-order valence-electron chi connectivity index (χ4n) is 1.74. The monoisotopic (exact) mass is 274 g/mol. The van der Waals surface area contributed by atoms with Crippen molar-refractivity contribution in [2.45, 2.75) is 19.5 Å². The van der Waals surface area contributed by atoms with Gasteiger partial charge < -0.3 is 20.8 Å². The summed E-state index contributed by atoms with van der Waals surface area (Å²) in [5.74, 6) is 1.16. The van der Waals surface area contributed by atoms with Crippen LogP contribution in [0.25, 0.3) is 0 Å². The molecule has 0 aliphatic rings. The summed E-state index contributed by atoms with van der Waals surface area (Å²) in [6, 6.07) is 7.16. The van der Waals surface area contributed by atoms with Crippen molar-refractivity contribution in [2.75, 3.05) is 6.61 Å². The Kier molecular flexibility index (Phi) is 4.73. The van der Waals surface area contributed by atoms with Gasteiger partial charge in [0.25, 0.3) is 5.91 Å². The Morgan fingerprint density at radius 3 is 2.80 bits per heavy atom. The first-order valence-electron chi connectivity index (χ1n) is 6.39. The molecule has 0 aliphatic heterocycles. The molecule has 0 aliphatic carbocycles. The number of aromatic nitrogens is 2. The maximum absolute atomic E-state index is 11.7. The first-order valence-corrected chi connectivity index (χ1v) is 6.39. The molecule has 0 radical (unpaired) electrons. The number of hydrogen-bond donors (Lipinski definition) is 3. The summed E-state index contributed by atoms with van der Waals surface area (Å²) in [6.07, 6.45) is 3.36. The number of rotatable bonds is 6. The second-order valence-electron chi connectivity index (χ2n) is 4.40. The van der Waals surface area contributed by atoms with Crippen LogP contribution in [0.2, 0.25) is 0 Å². The highest BCUT2D eigenvalue weighted by atomic mass is 16.5.